The van der Waals surface area contributed by atoms with Crippen LogP contribution in [0.2, 0.25) is 0 Å². The molecule has 104 valence electrons. The maximum Gasteiger partial charge on any atom is 0.326 e. The highest BCUT2D eigenvalue weighted by Gasteiger charge is 2.28. The van der Waals surface area contributed by atoms with E-state index in [-0.39, 0.29) is 18.6 Å². The molecule has 1 rings (SSSR count). The summed E-state index contributed by atoms with van der Waals surface area (Å²) in [5.41, 5.74) is 0. The van der Waals surface area contributed by atoms with Crippen LogP contribution in [0.1, 0.15) is 32.6 Å². The van der Waals surface area contributed by atoms with Crippen LogP contribution in [0, 0.1) is 5.92 Å². The molecule has 1 aliphatic rings. The highest BCUT2D eigenvalue weighted by molar-refractivity contribution is 5.82. The molecule has 0 aromatic rings. The fourth-order valence-electron chi connectivity index (χ4n) is 2.07. The third-order valence-electron chi connectivity index (χ3n) is 3.27. The van der Waals surface area contributed by atoms with Crippen molar-refractivity contribution in [2.75, 3.05) is 19.7 Å². The van der Waals surface area contributed by atoms with E-state index in [0.29, 0.717) is 19.5 Å². The Morgan fingerprint density at radius 1 is 1.50 bits per heavy atom. The normalized spacial score (nSPS) is 20.8. The fourth-order valence-corrected chi connectivity index (χ4v) is 2.07. The van der Waals surface area contributed by atoms with E-state index in [0.717, 1.165) is 19.3 Å². The number of likely N-dealkylation sites (tertiary alicyclic amines) is 1. The van der Waals surface area contributed by atoms with Crippen molar-refractivity contribution >= 4 is 12.0 Å². The third kappa shape index (κ3) is 4.18. The van der Waals surface area contributed by atoms with Crippen molar-refractivity contribution in [2.24, 2.45) is 5.92 Å². The Kier molecular flexibility index (Phi) is 5.91. The molecular formula is C12H22N2O4. The van der Waals surface area contributed by atoms with E-state index in [2.05, 4.69) is 5.32 Å². The van der Waals surface area contributed by atoms with Crippen molar-refractivity contribution in [1.82, 2.24) is 10.2 Å². The number of hydrogen-bond acceptors (Lipinski definition) is 3. The number of carbonyl (C=O) groups is 2. The molecule has 0 aromatic heterocycles. The van der Waals surface area contributed by atoms with Gasteiger partial charge in [-0.15, -0.1) is 0 Å². The molecule has 18 heavy (non-hydrogen) atoms. The van der Waals surface area contributed by atoms with Crippen molar-refractivity contribution in [1.29, 1.82) is 0 Å². The number of nitrogens with one attached hydrogen (secondary N) is 1. The first-order chi connectivity index (χ1) is 8.58. The van der Waals surface area contributed by atoms with Gasteiger partial charge in [-0.3, -0.25) is 0 Å². The highest BCUT2D eigenvalue weighted by Crippen LogP contribution is 2.15. The number of nitrogens with zero attached hydrogens (tertiary/aromatic N) is 1. The lowest BCUT2D eigenvalue weighted by atomic mass is 10.1. The summed E-state index contributed by atoms with van der Waals surface area (Å²) in [5.74, 6) is -0.871. The summed E-state index contributed by atoms with van der Waals surface area (Å²) in [5, 5.41) is 20.6. The number of aliphatic hydroxyl groups excluding tert-OH is 1. The minimum atomic E-state index is -0.991. The van der Waals surface area contributed by atoms with Crippen LogP contribution in [-0.4, -0.2) is 52.9 Å². The Morgan fingerprint density at radius 3 is 2.72 bits per heavy atom. The summed E-state index contributed by atoms with van der Waals surface area (Å²) in [4.78, 5) is 24.4. The Balaban J connectivity index is 2.43. The Morgan fingerprint density at radius 2 is 2.22 bits per heavy atom. The molecule has 6 nitrogen and oxygen atoms in total. The van der Waals surface area contributed by atoms with Crippen LogP contribution >= 0.6 is 0 Å². The van der Waals surface area contributed by atoms with Gasteiger partial charge in [-0.2, -0.15) is 0 Å². The summed E-state index contributed by atoms with van der Waals surface area (Å²) in [6.07, 6.45) is 2.90. The SMILES string of the molecule is CCCCC(NC(=O)N1CCC(CO)C1)C(=O)O. The van der Waals surface area contributed by atoms with Crippen LogP contribution in [0.4, 0.5) is 4.79 Å². The molecule has 0 aliphatic carbocycles. The van der Waals surface area contributed by atoms with Gasteiger partial charge in [0.05, 0.1) is 0 Å². The second kappa shape index (κ2) is 7.20. The zero-order valence-electron chi connectivity index (χ0n) is 10.8. The summed E-state index contributed by atoms with van der Waals surface area (Å²) >= 11 is 0. The van der Waals surface area contributed by atoms with E-state index >= 15 is 0 Å². The predicted octanol–water partition coefficient (Wildman–Crippen LogP) is 0.654. The highest BCUT2D eigenvalue weighted by atomic mass is 16.4. The minimum absolute atomic E-state index is 0.0714. The zero-order valence-corrected chi connectivity index (χ0v) is 10.8. The van der Waals surface area contributed by atoms with E-state index in [9.17, 15) is 9.59 Å². The largest absolute Gasteiger partial charge is 0.480 e. The molecular weight excluding hydrogens is 236 g/mol. The zero-order chi connectivity index (χ0) is 13.5. The number of carbonyl (C=O) groups excluding carboxylic acids is 1. The van der Waals surface area contributed by atoms with E-state index in [1.165, 1.54) is 0 Å². The summed E-state index contributed by atoms with van der Waals surface area (Å²) < 4.78 is 0. The smallest absolute Gasteiger partial charge is 0.326 e. The van der Waals surface area contributed by atoms with Crippen molar-refractivity contribution < 1.29 is 19.8 Å². The van der Waals surface area contributed by atoms with Crippen LogP contribution in [0.15, 0.2) is 0 Å². The second-order valence-electron chi connectivity index (χ2n) is 4.77. The van der Waals surface area contributed by atoms with Crippen LogP contribution in [0.3, 0.4) is 0 Å². The lowest BCUT2D eigenvalue weighted by molar-refractivity contribution is -0.139. The van der Waals surface area contributed by atoms with Gasteiger partial charge in [0.25, 0.3) is 0 Å². The van der Waals surface area contributed by atoms with Crippen molar-refractivity contribution in [3.63, 3.8) is 0 Å². The molecule has 3 N–H and O–H groups in total. The Bertz CT molecular complexity index is 296. The van der Waals surface area contributed by atoms with Gasteiger partial charge in [0, 0.05) is 25.6 Å². The average molecular weight is 258 g/mol. The van der Waals surface area contributed by atoms with Gasteiger partial charge >= 0.3 is 12.0 Å². The minimum Gasteiger partial charge on any atom is -0.480 e. The first-order valence-corrected chi connectivity index (χ1v) is 6.47. The monoisotopic (exact) mass is 258 g/mol. The van der Waals surface area contributed by atoms with Gasteiger partial charge in [0.15, 0.2) is 0 Å². The molecule has 2 atom stereocenters. The van der Waals surface area contributed by atoms with Gasteiger partial charge in [-0.1, -0.05) is 19.8 Å². The first-order valence-electron chi connectivity index (χ1n) is 6.47. The molecule has 2 amide bonds. The predicted molar refractivity (Wildman–Crippen MR) is 66.2 cm³/mol. The summed E-state index contributed by atoms with van der Waals surface area (Å²) in [6, 6.07) is -1.15. The third-order valence-corrected chi connectivity index (χ3v) is 3.27. The molecule has 2 unspecified atom stereocenters. The van der Waals surface area contributed by atoms with E-state index in [1.54, 1.807) is 4.90 Å². The maximum absolute atomic E-state index is 11.9. The number of carboxylic acids is 1. The van der Waals surface area contributed by atoms with Gasteiger partial charge in [0.2, 0.25) is 0 Å². The molecule has 0 bridgehead atoms. The number of unbranched alkanes of at least 4 members (excludes halogenated alkanes) is 1. The number of aliphatic carboxylic acids is 1. The van der Waals surface area contributed by atoms with Gasteiger partial charge in [0.1, 0.15) is 6.04 Å². The van der Waals surface area contributed by atoms with Crippen LogP contribution in [-0.2, 0) is 4.79 Å². The lowest BCUT2D eigenvalue weighted by Gasteiger charge is -2.20. The summed E-state index contributed by atoms with van der Waals surface area (Å²) in [6.45, 7) is 3.13. The first kappa shape index (κ1) is 14.8. The fraction of sp³-hybridized carbons (Fsp3) is 0.833. The van der Waals surface area contributed by atoms with Crippen molar-refractivity contribution in [3.05, 3.63) is 0 Å². The Labute approximate surface area is 107 Å². The molecule has 1 heterocycles. The van der Waals surface area contributed by atoms with Crippen LogP contribution in [0.25, 0.3) is 0 Å². The van der Waals surface area contributed by atoms with E-state index < -0.39 is 12.0 Å². The Hall–Kier alpha value is -1.30. The number of aliphatic hydroxyl groups is 1. The number of carboxylic acid groups (broad SMARTS) is 1. The number of rotatable bonds is 6. The lowest BCUT2D eigenvalue weighted by Crippen LogP contribution is -2.47. The molecule has 0 aromatic carbocycles. The second-order valence-corrected chi connectivity index (χ2v) is 4.77. The standard InChI is InChI=1S/C12H22N2O4/c1-2-3-4-10(11(16)17)13-12(18)14-6-5-9(7-14)8-15/h9-10,15H,2-8H2,1H3,(H,13,18)(H,16,17). The molecule has 0 saturated carbocycles. The van der Waals surface area contributed by atoms with Crippen molar-refractivity contribution in [2.45, 2.75) is 38.6 Å². The molecule has 0 radical (unpaired) electrons. The molecule has 1 fully saturated rings. The molecule has 1 aliphatic heterocycles. The quantitative estimate of drug-likeness (QED) is 0.652. The van der Waals surface area contributed by atoms with Gasteiger partial charge in [-0.05, 0) is 12.8 Å². The average Bonchev–Trinajstić information content (AvgIpc) is 2.82. The summed E-state index contributed by atoms with van der Waals surface area (Å²) in [7, 11) is 0. The molecule has 0 spiro atoms. The van der Waals surface area contributed by atoms with Crippen LogP contribution < -0.4 is 5.32 Å². The number of amides is 2. The number of hydrogen-bond donors (Lipinski definition) is 3. The van der Waals surface area contributed by atoms with Gasteiger partial charge < -0.3 is 20.4 Å². The topological polar surface area (TPSA) is 89.9 Å². The van der Waals surface area contributed by atoms with E-state index in [4.69, 9.17) is 10.2 Å². The van der Waals surface area contributed by atoms with Crippen LogP contribution in [0.5, 0.6) is 0 Å². The van der Waals surface area contributed by atoms with Crippen molar-refractivity contribution in [3.8, 4) is 0 Å². The van der Waals surface area contributed by atoms with Gasteiger partial charge in [-0.25, -0.2) is 9.59 Å². The molecule has 1 saturated heterocycles. The number of urea groups is 1. The van der Waals surface area contributed by atoms with E-state index in [1.807, 2.05) is 6.92 Å². The maximum atomic E-state index is 11.9. The molecule has 6 heteroatoms.